The molecule has 118 valence electrons. The predicted octanol–water partition coefficient (Wildman–Crippen LogP) is 2.68. The van der Waals surface area contributed by atoms with Crippen LogP contribution < -0.4 is 10.1 Å². The van der Waals surface area contributed by atoms with Gasteiger partial charge in [-0.3, -0.25) is 4.79 Å². The third-order valence-electron chi connectivity index (χ3n) is 3.54. The molecule has 0 aliphatic carbocycles. The first-order valence-electron chi connectivity index (χ1n) is 7.72. The van der Waals surface area contributed by atoms with E-state index >= 15 is 0 Å². The molecule has 0 aromatic heterocycles. The largest absolute Gasteiger partial charge is 0.494 e. The van der Waals surface area contributed by atoms with E-state index in [0.717, 1.165) is 18.6 Å². The number of carbonyl (C=O) groups is 1. The van der Waals surface area contributed by atoms with E-state index in [4.69, 9.17) is 9.84 Å². The molecular formula is C17H27NO3. The molecule has 1 amide bonds. The van der Waals surface area contributed by atoms with Crippen LogP contribution in [0.1, 0.15) is 38.2 Å². The summed E-state index contributed by atoms with van der Waals surface area (Å²) in [5, 5.41) is 11.8. The van der Waals surface area contributed by atoms with Gasteiger partial charge >= 0.3 is 0 Å². The van der Waals surface area contributed by atoms with Crippen molar-refractivity contribution in [2.45, 2.75) is 39.5 Å². The molecule has 4 nitrogen and oxygen atoms in total. The zero-order chi connectivity index (χ0) is 15.5. The lowest BCUT2D eigenvalue weighted by atomic mass is 10.0. The normalized spacial score (nSPS) is 12.0. The molecule has 21 heavy (non-hydrogen) atoms. The lowest BCUT2D eigenvalue weighted by molar-refractivity contribution is -0.121. The van der Waals surface area contributed by atoms with Crippen LogP contribution in [0, 0.1) is 12.8 Å². The molecule has 1 unspecified atom stereocenters. The number of aryl methyl sites for hydroxylation is 1. The molecule has 0 bridgehead atoms. The molecule has 0 saturated carbocycles. The van der Waals surface area contributed by atoms with E-state index in [0.29, 0.717) is 31.9 Å². The number of carbonyl (C=O) groups excluding carboxylic acids is 1. The number of nitrogens with one attached hydrogen (secondary N) is 1. The highest BCUT2D eigenvalue weighted by atomic mass is 16.5. The van der Waals surface area contributed by atoms with Gasteiger partial charge < -0.3 is 15.2 Å². The van der Waals surface area contributed by atoms with Gasteiger partial charge in [-0.15, -0.1) is 0 Å². The fourth-order valence-corrected chi connectivity index (χ4v) is 2.04. The molecule has 0 fully saturated rings. The number of ether oxygens (including phenoxy) is 1. The molecule has 0 aliphatic heterocycles. The lowest BCUT2D eigenvalue weighted by Crippen LogP contribution is -2.29. The van der Waals surface area contributed by atoms with Crippen molar-refractivity contribution in [2.24, 2.45) is 5.92 Å². The van der Waals surface area contributed by atoms with Crippen LogP contribution in [0.2, 0.25) is 0 Å². The topological polar surface area (TPSA) is 58.6 Å². The maximum Gasteiger partial charge on any atom is 0.220 e. The molecule has 0 saturated heterocycles. The van der Waals surface area contributed by atoms with Crippen LogP contribution in [0.4, 0.5) is 0 Å². The van der Waals surface area contributed by atoms with Crippen molar-refractivity contribution in [1.29, 1.82) is 0 Å². The third kappa shape index (κ3) is 7.71. The van der Waals surface area contributed by atoms with Crippen LogP contribution >= 0.6 is 0 Å². The second-order valence-corrected chi connectivity index (χ2v) is 5.36. The molecule has 4 heteroatoms. The number of hydrogen-bond donors (Lipinski definition) is 2. The standard InChI is InChI=1S/C17H27NO3/c1-3-15(10-11-19)13-18-17(20)5-4-12-21-16-8-6-14(2)7-9-16/h6-9,15,19H,3-5,10-13H2,1-2H3,(H,18,20). The molecular weight excluding hydrogens is 266 g/mol. The summed E-state index contributed by atoms with van der Waals surface area (Å²) in [6.07, 6.45) is 2.89. The SMILES string of the molecule is CCC(CCO)CNC(=O)CCCOc1ccc(C)cc1. The minimum absolute atomic E-state index is 0.0545. The molecule has 2 N–H and O–H groups in total. The molecule has 0 spiro atoms. The minimum Gasteiger partial charge on any atom is -0.494 e. The molecule has 1 rings (SSSR count). The fraction of sp³-hybridized carbons (Fsp3) is 0.588. The Balaban J connectivity index is 2.11. The first kappa shape index (κ1) is 17.5. The molecule has 0 aliphatic rings. The van der Waals surface area contributed by atoms with Gasteiger partial charge in [-0.1, -0.05) is 31.0 Å². The van der Waals surface area contributed by atoms with Crippen molar-refractivity contribution in [3.05, 3.63) is 29.8 Å². The van der Waals surface area contributed by atoms with Crippen molar-refractivity contribution < 1.29 is 14.6 Å². The summed E-state index contributed by atoms with van der Waals surface area (Å²) in [6, 6.07) is 7.90. The van der Waals surface area contributed by atoms with Gasteiger partial charge in [0.15, 0.2) is 0 Å². The molecule has 0 heterocycles. The Morgan fingerprint density at radius 3 is 2.67 bits per heavy atom. The Kier molecular flexibility index (Phi) is 8.51. The van der Waals surface area contributed by atoms with Crippen molar-refractivity contribution in [3.8, 4) is 5.75 Å². The number of rotatable bonds is 10. The number of aliphatic hydroxyl groups excluding tert-OH is 1. The summed E-state index contributed by atoms with van der Waals surface area (Å²) in [5.41, 5.74) is 1.20. The fourth-order valence-electron chi connectivity index (χ4n) is 2.04. The Labute approximate surface area is 127 Å². The molecule has 1 aromatic rings. The summed E-state index contributed by atoms with van der Waals surface area (Å²) in [5.74, 6) is 1.26. The Morgan fingerprint density at radius 1 is 1.33 bits per heavy atom. The van der Waals surface area contributed by atoms with Gasteiger partial charge in [0.05, 0.1) is 6.61 Å². The number of aliphatic hydroxyl groups is 1. The summed E-state index contributed by atoms with van der Waals surface area (Å²) in [4.78, 5) is 11.7. The maximum atomic E-state index is 11.7. The highest BCUT2D eigenvalue weighted by Gasteiger charge is 2.08. The second kappa shape index (κ2) is 10.2. The van der Waals surface area contributed by atoms with Gasteiger partial charge in [-0.2, -0.15) is 0 Å². The average molecular weight is 293 g/mol. The summed E-state index contributed by atoms with van der Waals surface area (Å²) < 4.78 is 5.58. The highest BCUT2D eigenvalue weighted by molar-refractivity contribution is 5.75. The van der Waals surface area contributed by atoms with Crippen LogP contribution in [0.5, 0.6) is 5.75 Å². The monoisotopic (exact) mass is 293 g/mol. The summed E-state index contributed by atoms with van der Waals surface area (Å²) in [6.45, 7) is 5.48. The van der Waals surface area contributed by atoms with E-state index in [1.807, 2.05) is 31.2 Å². The van der Waals surface area contributed by atoms with Crippen LogP contribution in [0.15, 0.2) is 24.3 Å². The maximum absolute atomic E-state index is 11.7. The van der Waals surface area contributed by atoms with Crippen molar-refractivity contribution in [1.82, 2.24) is 5.32 Å². The Hall–Kier alpha value is -1.55. The van der Waals surface area contributed by atoms with Crippen molar-refractivity contribution in [3.63, 3.8) is 0 Å². The van der Waals surface area contributed by atoms with Gasteiger partial charge in [-0.05, 0) is 37.8 Å². The zero-order valence-corrected chi connectivity index (χ0v) is 13.1. The van der Waals surface area contributed by atoms with Gasteiger partial charge in [0.2, 0.25) is 5.91 Å². The molecule has 1 atom stereocenters. The second-order valence-electron chi connectivity index (χ2n) is 5.36. The predicted molar refractivity (Wildman–Crippen MR) is 84.4 cm³/mol. The number of benzene rings is 1. The van der Waals surface area contributed by atoms with Crippen molar-refractivity contribution >= 4 is 5.91 Å². The molecule has 1 aromatic carbocycles. The lowest BCUT2D eigenvalue weighted by Gasteiger charge is -2.14. The van der Waals surface area contributed by atoms with E-state index in [9.17, 15) is 4.79 Å². The molecule has 0 radical (unpaired) electrons. The average Bonchev–Trinajstić information content (AvgIpc) is 2.49. The van der Waals surface area contributed by atoms with Crippen LogP contribution in [-0.4, -0.2) is 30.8 Å². The van der Waals surface area contributed by atoms with Crippen molar-refractivity contribution in [2.75, 3.05) is 19.8 Å². The van der Waals surface area contributed by atoms with Crippen LogP contribution in [0.3, 0.4) is 0 Å². The number of amides is 1. The number of hydrogen-bond acceptors (Lipinski definition) is 3. The van der Waals surface area contributed by atoms with Gasteiger partial charge in [0.1, 0.15) is 5.75 Å². The smallest absolute Gasteiger partial charge is 0.220 e. The highest BCUT2D eigenvalue weighted by Crippen LogP contribution is 2.11. The summed E-state index contributed by atoms with van der Waals surface area (Å²) >= 11 is 0. The first-order chi connectivity index (χ1) is 10.2. The summed E-state index contributed by atoms with van der Waals surface area (Å²) in [7, 11) is 0. The van der Waals surface area contributed by atoms with E-state index in [1.54, 1.807) is 0 Å². The Bertz CT molecular complexity index is 403. The van der Waals surface area contributed by atoms with E-state index in [1.165, 1.54) is 5.56 Å². The van der Waals surface area contributed by atoms with E-state index in [-0.39, 0.29) is 12.5 Å². The third-order valence-corrected chi connectivity index (χ3v) is 3.54. The van der Waals surface area contributed by atoms with E-state index in [2.05, 4.69) is 12.2 Å². The van der Waals surface area contributed by atoms with Crippen LogP contribution in [0.25, 0.3) is 0 Å². The minimum atomic E-state index is 0.0545. The zero-order valence-electron chi connectivity index (χ0n) is 13.1. The van der Waals surface area contributed by atoms with Gasteiger partial charge in [-0.25, -0.2) is 0 Å². The van der Waals surface area contributed by atoms with Gasteiger partial charge in [0, 0.05) is 19.6 Å². The van der Waals surface area contributed by atoms with E-state index < -0.39 is 0 Å². The van der Waals surface area contributed by atoms with Crippen LogP contribution in [-0.2, 0) is 4.79 Å². The Morgan fingerprint density at radius 2 is 2.05 bits per heavy atom. The quantitative estimate of drug-likeness (QED) is 0.652. The first-order valence-corrected chi connectivity index (χ1v) is 7.72. The van der Waals surface area contributed by atoms with Gasteiger partial charge in [0.25, 0.3) is 0 Å².